The molecule has 0 aliphatic carbocycles. The molecule has 0 radical (unpaired) electrons. The Bertz CT molecular complexity index is 1380. The van der Waals surface area contributed by atoms with Gasteiger partial charge in [0.2, 0.25) is 5.95 Å². The van der Waals surface area contributed by atoms with Crippen molar-refractivity contribution in [2.45, 2.75) is 26.3 Å². The van der Waals surface area contributed by atoms with E-state index < -0.39 is 11.9 Å². The molecular formula is C20H18ClFN10. The lowest BCUT2D eigenvalue weighted by Crippen LogP contribution is -2.15. The van der Waals surface area contributed by atoms with Crippen LogP contribution in [0.15, 0.2) is 24.7 Å². The van der Waals surface area contributed by atoms with Crippen molar-refractivity contribution in [3.05, 3.63) is 52.3 Å². The van der Waals surface area contributed by atoms with Crippen molar-refractivity contribution in [1.82, 2.24) is 29.5 Å². The number of nitrogens with zero attached hydrogens (tertiary/aromatic N) is 7. The van der Waals surface area contributed by atoms with Crippen LogP contribution in [0.1, 0.15) is 36.7 Å². The molecule has 0 fully saturated rings. The highest BCUT2D eigenvalue weighted by Crippen LogP contribution is 2.32. The fourth-order valence-corrected chi connectivity index (χ4v) is 3.61. The second kappa shape index (κ2) is 8.24. The molecule has 32 heavy (non-hydrogen) atoms. The number of nitrogen functional groups attached to an aromatic ring is 2. The van der Waals surface area contributed by atoms with Gasteiger partial charge in [-0.05, 0) is 19.4 Å². The number of hydrogen-bond donors (Lipinski definition) is 3. The Kier molecular flexibility index (Phi) is 5.46. The molecule has 0 bridgehead atoms. The monoisotopic (exact) mass is 452 g/mol. The molecular weight excluding hydrogens is 435 g/mol. The lowest BCUT2D eigenvalue weighted by molar-refractivity contribution is 0.622. The quantitative estimate of drug-likeness (QED) is 0.413. The van der Waals surface area contributed by atoms with Crippen molar-refractivity contribution in [2.24, 2.45) is 0 Å². The summed E-state index contributed by atoms with van der Waals surface area (Å²) in [7, 11) is 0. The predicted molar refractivity (Wildman–Crippen MR) is 118 cm³/mol. The molecule has 0 spiro atoms. The summed E-state index contributed by atoms with van der Waals surface area (Å²) < 4.78 is 15.5. The zero-order chi connectivity index (χ0) is 23.0. The van der Waals surface area contributed by atoms with Gasteiger partial charge in [0.1, 0.15) is 28.3 Å². The molecule has 4 aromatic rings. The molecule has 1 atom stereocenters. The molecule has 0 amide bonds. The highest BCUT2D eigenvalue weighted by atomic mass is 35.5. The molecule has 162 valence electrons. The van der Waals surface area contributed by atoms with E-state index in [9.17, 15) is 9.65 Å². The van der Waals surface area contributed by atoms with E-state index in [2.05, 4.69) is 30.4 Å². The molecule has 0 saturated carbocycles. The predicted octanol–water partition coefficient (Wildman–Crippen LogP) is 3.15. The van der Waals surface area contributed by atoms with E-state index >= 15 is 0 Å². The third-order valence-electron chi connectivity index (χ3n) is 4.85. The molecule has 10 nitrogen and oxygen atoms in total. The first-order valence-corrected chi connectivity index (χ1v) is 9.98. The number of aryl methyl sites for hydroxylation is 1. The van der Waals surface area contributed by atoms with Gasteiger partial charge in [0.25, 0.3) is 0 Å². The van der Waals surface area contributed by atoms with E-state index in [1.54, 1.807) is 10.7 Å². The van der Waals surface area contributed by atoms with Crippen LogP contribution in [0.25, 0.3) is 16.9 Å². The van der Waals surface area contributed by atoms with Gasteiger partial charge < -0.3 is 16.8 Å². The van der Waals surface area contributed by atoms with Crippen LogP contribution in [0.4, 0.5) is 22.0 Å². The van der Waals surface area contributed by atoms with Crippen molar-refractivity contribution in [3.8, 4) is 17.3 Å². The molecule has 12 heteroatoms. The molecule has 0 aliphatic heterocycles. The van der Waals surface area contributed by atoms with E-state index in [0.717, 1.165) is 6.20 Å². The van der Waals surface area contributed by atoms with Gasteiger partial charge in [0, 0.05) is 23.5 Å². The van der Waals surface area contributed by atoms with Crippen molar-refractivity contribution in [2.75, 3.05) is 16.8 Å². The van der Waals surface area contributed by atoms with Crippen molar-refractivity contribution >= 4 is 34.8 Å². The molecule has 0 saturated heterocycles. The SMILES string of the molecule is CCc1nn2cc([C@H](C)Nc3nc(N)nc(N)c3C#N)c(-c3cncc(F)c3)nc2c1Cl. The third kappa shape index (κ3) is 3.72. The van der Waals surface area contributed by atoms with E-state index in [0.29, 0.717) is 39.6 Å². The summed E-state index contributed by atoms with van der Waals surface area (Å²) in [4.78, 5) is 16.5. The number of rotatable bonds is 5. The van der Waals surface area contributed by atoms with Crippen LogP contribution in [0.5, 0.6) is 0 Å². The van der Waals surface area contributed by atoms with Crippen LogP contribution < -0.4 is 16.8 Å². The van der Waals surface area contributed by atoms with Crippen LogP contribution in [-0.4, -0.2) is 29.5 Å². The summed E-state index contributed by atoms with van der Waals surface area (Å²) in [6.45, 7) is 3.75. The Labute approximate surface area is 187 Å². The average molecular weight is 453 g/mol. The van der Waals surface area contributed by atoms with Crippen LogP contribution in [0.2, 0.25) is 5.02 Å². The largest absolute Gasteiger partial charge is 0.382 e. The van der Waals surface area contributed by atoms with Gasteiger partial charge >= 0.3 is 0 Å². The Balaban J connectivity index is 1.89. The first-order chi connectivity index (χ1) is 15.3. The second-order valence-electron chi connectivity index (χ2n) is 6.99. The number of pyridine rings is 1. The normalized spacial score (nSPS) is 12.0. The highest BCUT2D eigenvalue weighted by molar-refractivity contribution is 6.34. The van der Waals surface area contributed by atoms with Crippen molar-refractivity contribution in [1.29, 1.82) is 5.26 Å². The summed E-state index contributed by atoms with van der Waals surface area (Å²) in [6, 6.07) is 2.83. The molecule has 4 aromatic heterocycles. The molecule has 0 aliphatic rings. The zero-order valence-corrected chi connectivity index (χ0v) is 17.9. The first-order valence-electron chi connectivity index (χ1n) is 9.60. The number of anilines is 3. The van der Waals surface area contributed by atoms with Gasteiger partial charge in [-0.1, -0.05) is 18.5 Å². The van der Waals surface area contributed by atoms with E-state index in [4.69, 9.17) is 23.1 Å². The summed E-state index contributed by atoms with van der Waals surface area (Å²) in [5.74, 6) is -0.455. The molecule has 4 rings (SSSR count). The zero-order valence-electron chi connectivity index (χ0n) is 17.1. The number of nitrogens with one attached hydrogen (secondary N) is 1. The van der Waals surface area contributed by atoms with Crippen molar-refractivity contribution < 1.29 is 4.39 Å². The molecule has 0 aromatic carbocycles. The maximum atomic E-state index is 13.9. The van der Waals surface area contributed by atoms with Gasteiger partial charge in [-0.2, -0.15) is 20.3 Å². The van der Waals surface area contributed by atoms with Gasteiger partial charge in [-0.3, -0.25) is 4.98 Å². The summed E-state index contributed by atoms with van der Waals surface area (Å²) in [6.07, 6.45) is 4.97. The average Bonchev–Trinajstić information content (AvgIpc) is 3.07. The van der Waals surface area contributed by atoms with Crippen LogP contribution >= 0.6 is 11.6 Å². The number of aromatic nitrogens is 6. The smallest absolute Gasteiger partial charge is 0.224 e. The fourth-order valence-electron chi connectivity index (χ4n) is 3.31. The minimum absolute atomic E-state index is 0.0377. The molecule has 4 heterocycles. The molecule has 0 unspecified atom stereocenters. The summed E-state index contributed by atoms with van der Waals surface area (Å²) in [5.41, 5.74) is 14.2. The minimum atomic E-state index is -0.507. The first kappa shape index (κ1) is 21.2. The summed E-state index contributed by atoms with van der Waals surface area (Å²) >= 11 is 6.45. The van der Waals surface area contributed by atoms with Gasteiger partial charge in [0.15, 0.2) is 11.5 Å². The molecule has 5 N–H and O–H groups in total. The van der Waals surface area contributed by atoms with Crippen LogP contribution in [-0.2, 0) is 6.42 Å². The standard InChI is InChI=1S/C20H18ClFN10/c1-3-14-15(21)19-28-16(10-4-11(22)7-26-6-10)13(8-32(19)31-14)9(2)27-18-12(5-23)17(24)29-20(25)30-18/h4,6-9H,3H2,1-2H3,(H5,24,25,27,29,30)/t9-/m0/s1. The minimum Gasteiger partial charge on any atom is -0.382 e. The van der Waals surface area contributed by atoms with Gasteiger partial charge in [-0.15, -0.1) is 0 Å². The number of fused-ring (bicyclic) bond motifs is 1. The van der Waals surface area contributed by atoms with Gasteiger partial charge in [-0.25, -0.2) is 13.9 Å². The number of nitrogens with two attached hydrogens (primary N) is 2. The Hall–Kier alpha value is -4.04. The maximum absolute atomic E-state index is 13.9. The van der Waals surface area contributed by atoms with Crippen LogP contribution in [0, 0.1) is 17.1 Å². The maximum Gasteiger partial charge on any atom is 0.224 e. The lowest BCUT2D eigenvalue weighted by atomic mass is 10.0. The van der Waals surface area contributed by atoms with E-state index in [1.165, 1.54) is 12.3 Å². The highest BCUT2D eigenvalue weighted by Gasteiger charge is 2.22. The Morgan fingerprint density at radius 1 is 1.28 bits per heavy atom. The van der Waals surface area contributed by atoms with Crippen LogP contribution in [0.3, 0.4) is 0 Å². The third-order valence-corrected chi connectivity index (χ3v) is 5.23. The fraction of sp³-hybridized carbons (Fsp3) is 0.200. The van der Waals surface area contributed by atoms with Gasteiger partial charge in [0.05, 0.1) is 23.6 Å². The van der Waals surface area contributed by atoms with E-state index in [-0.39, 0.29) is 23.1 Å². The van der Waals surface area contributed by atoms with E-state index in [1.807, 2.05) is 19.9 Å². The Morgan fingerprint density at radius 3 is 2.75 bits per heavy atom. The topological polar surface area (TPSA) is 157 Å². The Morgan fingerprint density at radius 2 is 2.06 bits per heavy atom. The number of hydrogen-bond acceptors (Lipinski definition) is 9. The number of nitriles is 1. The second-order valence-corrected chi connectivity index (χ2v) is 7.37. The summed E-state index contributed by atoms with van der Waals surface area (Å²) in [5, 5.41) is 17.5. The van der Waals surface area contributed by atoms with Crippen molar-refractivity contribution in [3.63, 3.8) is 0 Å². The number of halogens is 2. The lowest BCUT2D eigenvalue weighted by Gasteiger charge is -2.19.